The van der Waals surface area contributed by atoms with E-state index in [0.29, 0.717) is 11.6 Å². The number of hydrogen-bond acceptors (Lipinski definition) is 2. The van der Waals surface area contributed by atoms with Crippen LogP contribution in [0.2, 0.25) is 10.0 Å². The second kappa shape index (κ2) is 7.02. The summed E-state index contributed by atoms with van der Waals surface area (Å²) in [5.74, 6) is 1.66. The van der Waals surface area contributed by atoms with Crippen molar-refractivity contribution in [1.29, 1.82) is 0 Å². The molecule has 0 spiro atoms. The summed E-state index contributed by atoms with van der Waals surface area (Å²) in [5, 5.41) is 1.43. The van der Waals surface area contributed by atoms with E-state index in [2.05, 4.69) is 10.6 Å². The summed E-state index contributed by atoms with van der Waals surface area (Å²) in [6, 6.07) is 21.5. The first kappa shape index (κ1) is 17.0. The zero-order valence-electron chi connectivity index (χ0n) is 14.1. The Bertz CT molecular complexity index is 1070. The normalized spacial score (nSPS) is 11.0. The fourth-order valence-corrected chi connectivity index (χ4v) is 3.37. The van der Waals surface area contributed by atoms with Gasteiger partial charge >= 0.3 is 0 Å². The summed E-state index contributed by atoms with van der Waals surface area (Å²) in [5.41, 5.74) is 4.04. The predicted molar refractivity (Wildman–Crippen MR) is 107 cm³/mol. The van der Waals surface area contributed by atoms with Gasteiger partial charge in [-0.15, -0.1) is 0 Å². The van der Waals surface area contributed by atoms with E-state index in [-0.39, 0.29) is 0 Å². The number of imidazole rings is 1. The van der Waals surface area contributed by atoms with Gasteiger partial charge < -0.3 is 9.30 Å². The average molecular weight is 383 g/mol. The van der Waals surface area contributed by atoms with Crippen molar-refractivity contribution in [3.8, 4) is 17.1 Å². The van der Waals surface area contributed by atoms with Crippen molar-refractivity contribution in [2.75, 3.05) is 7.11 Å². The summed E-state index contributed by atoms with van der Waals surface area (Å²) in [6.45, 7) is 0.668. The van der Waals surface area contributed by atoms with Crippen LogP contribution in [0.3, 0.4) is 0 Å². The lowest BCUT2D eigenvalue weighted by Crippen LogP contribution is -2.02. The number of halogens is 2. The van der Waals surface area contributed by atoms with Gasteiger partial charge in [-0.25, -0.2) is 4.98 Å². The van der Waals surface area contributed by atoms with Crippen molar-refractivity contribution in [1.82, 2.24) is 9.55 Å². The van der Waals surface area contributed by atoms with Crippen LogP contribution in [0.4, 0.5) is 0 Å². The maximum atomic E-state index is 6.16. The first-order valence-electron chi connectivity index (χ1n) is 8.19. The lowest BCUT2D eigenvalue weighted by Gasteiger charge is -2.10. The number of fused-ring (bicyclic) bond motifs is 1. The molecule has 130 valence electrons. The standard InChI is InChI=1S/C21H16Cl2N2O/c1-26-18-9-10-20-19(12-18)24-21(15-5-7-16(22)8-6-15)25(20)13-14-3-2-4-17(23)11-14/h2-12H,13H2,1H3. The lowest BCUT2D eigenvalue weighted by molar-refractivity contribution is 0.415. The zero-order valence-corrected chi connectivity index (χ0v) is 15.6. The molecular formula is C21H16Cl2N2O. The highest BCUT2D eigenvalue weighted by atomic mass is 35.5. The van der Waals surface area contributed by atoms with Gasteiger partial charge in [-0.1, -0.05) is 35.3 Å². The van der Waals surface area contributed by atoms with E-state index in [1.807, 2.05) is 60.7 Å². The third-order valence-corrected chi connectivity index (χ3v) is 4.77. The van der Waals surface area contributed by atoms with E-state index in [1.54, 1.807) is 7.11 Å². The van der Waals surface area contributed by atoms with Crippen molar-refractivity contribution in [2.24, 2.45) is 0 Å². The predicted octanol–water partition coefficient (Wildman–Crippen LogP) is 6.07. The molecule has 1 aromatic heterocycles. The summed E-state index contributed by atoms with van der Waals surface area (Å²) < 4.78 is 7.53. The number of rotatable bonds is 4. The minimum atomic E-state index is 0.668. The number of hydrogen-bond donors (Lipinski definition) is 0. The summed E-state index contributed by atoms with van der Waals surface area (Å²) >= 11 is 12.2. The molecule has 1 heterocycles. The van der Waals surface area contributed by atoms with E-state index in [1.165, 1.54) is 0 Å². The highest BCUT2D eigenvalue weighted by Gasteiger charge is 2.14. The third kappa shape index (κ3) is 3.28. The average Bonchev–Trinajstić information content (AvgIpc) is 3.00. The van der Waals surface area contributed by atoms with Gasteiger partial charge in [0.1, 0.15) is 11.6 Å². The Morgan fingerprint density at radius 1 is 0.923 bits per heavy atom. The van der Waals surface area contributed by atoms with Crippen LogP contribution in [0.1, 0.15) is 5.56 Å². The van der Waals surface area contributed by atoms with Crippen LogP contribution in [-0.2, 0) is 6.54 Å². The first-order chi connectivity index (χ1) is 12.6. The molecule has 0 atom stereocenters. The lowest BCUT2D eigenvalue weighted by atomic mass is 10.2. The van der Waals surface area contributed by atoms with Gasteiger partial charge in [-0.05, 0) is 54.1 Å². The van der Waals surface area contributed by atoms with Crippen LogP contribution >= 0.6 is 23.2 Å². The molecule has 4 aromatic rings. The molecule has 0 N–H and O–H groups in total. The summed E-state index contributed by atoms with van der Waals surface area (Å²) in [6.07, 6.45) is 0. The van der Waals surface area contributed by atoms with Crippen LogP contribution in [0.25, 0.3) is 22.4 Å². The van der Waals surface area contributed by atoms with Gasteiger partial charge in [-0.3, -0.25) is 0 Å². The molecule has 0 bridgehead atoms. The maximum absolute atomic E-state index is 6.16. The molecule has 0 aliphatic rings. The molecule has 0 radical (unpaired) electrons. The van der Waals surface area contributed by atoms with Gasteiger partial charge in [0.2, 0.25) is 0 Å². The Kier molecular flexibility index (Phi) is 4.58. The first-order valence-corrected chi connectivity index (χ1v) is 8.94. The number of nitrogens with zero attached hydrogens (tertiary/aromatic N) is 2. The molecular weight excluding hydrogens is 367 g/mol. The van der Waals surface area contributed by atoms with Crippen molar-refractivity contribution >= 4 is 34.2 Å². The molecule has 0 fully saturated rings. The van der Waals surface area contributed by atoms with Crippen molar-refractivity contribution in [3.63, 3.8) is 0 Å². The zero-order chi connectivity index (χ0) is 18.1. The molecule has 0 aliphatic heterocycles. The van der Waals surface area contributed by atoms with Crippen molar-refractivity contribution in [3.05, 3.63) is 82.3 Å². The number of methoxy groups -OCH3 is 1. The quantitative estimate of drug-likeness (QED) is 0.428. The number of aromatic nitrogens is 2. The Labute approximate surface area is 161 Å². The molecule has 4 rings (SSSR count). The second-order valence-electron chi connectivity index (χ2n) is 6.01. The van der Waals surface area contributed by atoms with Crippen molar-refractivity contribution in [2.45, 2.75) is 6.54 Å². The van der Waals surface area contributed by atoms with Crippen LogP contribution in [0.5, 0.6) is 5.75 Å². The van der Waals surface area contributed by atoms with Gasteiger partial charge in [0, 0.05) is 28.2 Å². The van der Waals surface area contributed by atoms with E-state index in [4.69, 9.17) is 32.9 Å². The summed E-state index contributed by atoms with van der Waals surface area (Å²) in [4.78, 5) is 4.85. The monoisotopic (exact) mass is 382 g/mol. The number of benzene rings is 3. The van der Waals surface area contributed by atoms with Gasteiger partial charge in [0.25, 0.3) is 0 Å². The number of ether oxygens (including phenoxy) is 1. The van der Waals surface area contributed by atoms with Crippen LogP contribution < -0.4 is 4.74 Å². The van der Waals surface area contributed by atoms with Crippen LogP contribution in [0, 0.1) is 0 Å². The fourth-order valence-electron chi connectivity index (χ4n) is 3.03. The Morgan fingerprint density at radius 3 is 2.46 bits per heavy atom. The molecule has 3 aromatic carbocycles. The minimum Gasteiger partial charge on any atom is -0.497 e. The molecule has 26 heavy (non-hydrogen) atoms. The Morgan fingerprint density at radius 2 is 1.73 bits per heavy atom. The molecule has 0 saturated carbocycles. The van der Waals surface area contributed by atoms with E-state index in [9.17, 15) is 0 Å². The molecule has 0 amide bonds. The Balaban J connectivity index is 1.89. The molecule has 5 heteroatoms. The fraction of sp³-hybridized carbons (Fsp3) is 0.0952. The topological polar surface area (TPSA) is 27.1 Å². The molecule has 3 nitrogen and oxygen atoms in total. The highest BCUT2D eigenvalue weighted by molar-refractivity contribution is 6.30. The van der Waals surface area contributed by atoms with Gasteiger partial charge in [0.05, 0.1) is 18.1 Å². The minimum absolute atomic E-state index is 0.668. The molecule has 0 saturated heterocycles. The third-order valence-electron chi connectivity index (χ3n) is 4.29. The van der Waals surface area contributed by atoms with E-state index < -0.39 is 0 Å². The summed E-state index contributed by atoms with van der Waals surface area (Å²) in [7, 11) is 1.66. The van der Waals surface area contributed by atoms with Crippen LogP contribution in [-0.4, -0.2) is 16.7 Å². The second-order valence-corrected chi connectivity index (χ2v) is 6.89. The molecule has 0 aliphatic carbocycles. The van der Waals surface area contributed by atoms with Crippen LogP contribution in [0.15, 0.2) is 66.7 Å². The van der Waals surface area contributed by atoms with Gasteiger partial charge in [0.15, 0.2) is 0 Å². The molecule has 0 unspecified atom stereocenters. The highest BCUT2D eigenvalue weighted by Crippen LogP contribution is 2.29. The maximum Gasteiger partial charge on any atom is 0.141 e. The van der Waals surface area contributed by atoms with E-state index in [0.717, 1.165) is 38.8 Å². The van der Waals surface area contributed by atoms with E-state index >= 15 is 0 Å². The van der Waals surface area contributed by atoms with Gasteiger partial charge in [-0.2, -0.15) is 0 Å². The SMILES string of the molecule is COc1ccc2c(c1)nc(-c1ccc(Cl)cc1)n2Cc1cccc(Cl)c1. The smallest absolute Gasteiger partial charge is 0.141 e. The van der Waals surface area contributed by atoms with Crippen molar-refractivity contribution < 1.29 is 4.74 Å². The Hall–Kier alpha value is -2.49. The largest absolute Gasteiger partial charge is 0.497 e.